The Bertz CT molecular complexity index is 1500. The smallest absolute Gasteiger partial charge is 0.262 e. The summed E-state index contributed by atoms with van der Waals surface area (Å²) in [5, 5.41) is 3.83. The number of amides is 1. The van der Waals surface area contributed by atoms with E-state index in [0.29, 0.717) is 44.4 Å². The predicted octanol–water partition coefficient (Wildman–Crippen LogP) is 5.35. The molecule has 0 atom stereocenters. The quantitative estimate of drug-likeness (QED) is 0.321. The first-order chi connectivity index (χ1) is 17.4. The van der Waals surface area contributed by atoms with Gasteiger partial charge < -0.3 is 24.5 Å². The number of H-pyrrole nitrogens is 1. The summed E-state index contributed by atoms with van der Waals surface area (Å²) in [5.74, 6) is 1.33. The van der Waals surface area contributed by atoms with Crippen LogP contribution in [0, 0.1) is 0 Å². The van der Waals surface area contributed by atoms with Gasteiger partial charge in [-0.25, -0.2) is 4.98 Å². The van der Waals surface area contributed by atoms with Gasteiger partial charge in [-0.2, -0.15) is 0 Å². The summed E-state index contributed by atoms with van der Waals surface area (Å²) in [6.45, 7) is -0.219. The normalized spacial score (nSPS) is 11.3. The van der Waals surface area contributed by atoms with Crippen LogP contribution >= 0.6 is 23.2 Å². The van der Waals surface area contributed by atoms with Crippen molar-refractivity contribution in [2.24, 2.45) is 0 Å². The molecule has 3 aromatic carbocycles. The van der Waals surface area contributed by atoms with Gasteiger partial charge in [0.05, 0.1) is 30.2 Å². The fourth-order valence-electron chi connectivity index (χ4n) is 3.35. The molecule has 1 aromatic heterocycles. The summed E-state index contributed by atoms with van der Waals surface area (Å²) in [7, 11) is 3.06. The number of aromatic amines is 1. The van der Waals surface area contributed by atoms with E-state index in [1.165, 1.54) is 7.11 Å². The number of hydrogen-bond donors (Lipinski definition) is 2. The number of methoxy groups -OCH3 is 2. The maximum absolute atomic E-state index is 12.4. The van der Waals surface area contributed by atoms with E-state index < -0.39 is 0 Å². The Hall–Kier alpha value is -4.01. The van der Waals surface area contributed by atoms with Gasteiger partial charge in [-0.1, -0.05) is 29.3 Å². The van der Waals surface area contributed by atoms with Gasteiger partial charge in [0.15, 0.2) is 23.9 Å². The average molecular weight is 526 g/mol. The molecule has 0 spiro atoms. The van der Waals surface area contributed by atoms with Gasteiger partial charge in [0.2, 0.25) is 0 Å². The molecule has 184 valence electrons. The summed E-state index contributed by atoms with van der Waals surface area (Å²) >= 11 is 12.5. The van der Waals surface area contributed by atoms with Crippen molar-refractivity contribution in [3.8, 4) is 17.2 Å². The molecule has 4 aromatic rings. The van der Waals surface area contributed by atoms with E-state index in [2.05, 4.69) is 15.3 Å². The van der Waals surface area contributed by atoms with Crippen LogP contribution in [-0.4, -0.2) is 36.7 Å². The molecule has 2 N–H and O–H groups in total. The minimum atomic E-state index is -0.333. The Morgan fingerprint density at radius 2 is 1.81 bits per heavy atom. The number of aromatic nitrogens is 2. The number of nitrogens with one attached hydrogen (secondary N) is 2. The van der Waals surface area contributed by atoms with Crippen LogP contribution in [0.25, 0.3) is 22.0 Å². The molecule has 4 rings (SSSR count). The fraction of sp³-hybridized carbons (Fsp3) is 0.115. The molecular formula is C26H21Cl2N3O5. The molecule has 0 saturated carbocycles. The molecule has 1 amide bonds. The Balaban J connectivity index is 1.47. The van der Waals surface area contributed by atoms with Crippen LogP contribution in [0.4, 0.5) is 5.69 Å². The van der Waals surface area contributed by atoms with Crippen LogP contribution in [0.1, 0.15) is 11.4 Å². The summed E-state index contributed by atoms with van der Waals surface area (Å²) in [6, 6.07) is 16.9. The van der Waals surface area contributed by atoms with Gasteiger partial charge in [-0.3, -0.25) is 9.59 Å². The second-order valence-electron chi connectivity index (χ2n) is 7.54. The lowest BCUT2D eigenvalue weighted by atomic mass is 10.2. The SMILES string of the molecule is COc1ccc(NC(=O)COc2ccc(/C=C(/Cl)c3nc4cc(Cl)ccc4c(=O)[nH]3)cc2OC)cc1. The first kappa shape index (κ1) is 25.1. The third-order valence-electron chi connectivity index (χ3n) is 5.11. The highest BCUT2D eigenvalue weighted by Gasteiger charge is 2.11. The average Bonchev–Trinajstić information content (AvgIpc) is 2.87. The first-order valence-corrected chi connectivity index (χ1v) is 11.4. The van der Waals surface area contributed by atoms with E-state index >= 15 is 0 Å². The second kappa shape index (κ2) is 11.2. The van der Waals surface area contributed by atoms with Crippen LogP contribution in [-0.2, 0) is 4.79 Å². The van der Waals surface area contributed by atoms with Crippen LogP contribution in [0.3, 0.4) is 0 Å². The van der Waals surface area contributed by atoms with E-state index in [1.807, 2.05) is 0 Å². The molecule has 0 aliphatic heterocycles. The van der Waals surface area contributed by atoms with Crippen molar-refractivity contribution in [2.45, 2.75) is 0 Å². The molecular weight excluding hydrogens is 505 g/mol. The van der Waals surface area contributed by atoms with Crippen molar-refractivity contribution >= 4 is 56.8 Å². The van der Waals surface area contributed by atoms with E-state index in [-0.39, 0.29) is 28.9 Å². The predicted molar refractivity (Wildman–Crippen MR) is 141 cm³/mol. The van der Waals surface area contributed by atoms with Crippen molar-refractivity contribution in [1.82, 2.24) is 9.97 Å². The molecule has 10 heteroatoms. The monoisotopic (exact) mass is 525 g/mol. The Morgan fingerprint density at radius 3 is 2.53 bits per heavy atom. The Kier molecular flexibility index (Phi) is 7.77. The Morgan fingerprint density at radius 1 is 1.03 bits per heavy atom. The number of ether oxygens (including phenoxy) is 3. The lowest BCUT2D eigenvalue weighted by Crippen LogP contribution is -2.20. The number of benzene rings is 3. The standard InChI is InChI=1S/C26H21Cl2N3O5/c1-34-18-7-5-17(6-8-18)29-24(32)14-36-22-10-3-15(12-23(22)35-2)11-20(28)25-30-21-13-16(27)4-9-19(21)26(33)31-25/h3-13H,14H2,1-2H3,(H,29,32)(H,30,31,33)/b20-11+. The van der Waals surface area contributed by atoms with Gasteiger partial charge in [0.1, 0.15) is 5.75 Å². The highest BCUT2D eigenvalue weighted by Crippen LogP contribution is 2.30. The molecule has 0 radical (unpaired) electrons. The molecule has 0 unspecified atom stereocenters. The van der Waals surface area contributed by atoms with Gasteiger partial charge in [0.25, 0.3) is 11.5 Å². The Labute approximate surface area is 216 Å². The highest BCUT2D eigenvalue weighted by atomic mass is 35.5. The summed E-state index contributed by atoms with van der Waals surface area (Å²) < 4.78 is 16.1. The van der Waals surface area contributed by atoms with Crippen molar-refractivity contribution < 1.29 is 19.0 Å². The lowest BCUT2D eigenvalue weighted by Gasteiger charge is -2.12. The third kappa shape index (κ3) is 5.97. The molecule has 8 nitrogen and oxygen atoms in total. The summed E-state index contributed by atoms with van der Waals surface area (Å²) in [6.07, 6.45) is 1.62. The van der Waals surface area contributed by atoms with Crippen LogP contribution < -0.4 is 25.1 Å². The van der Waals surface area contributed by atoms with Crippen LogP contribution in [0.5, 0.6) is 17.2 Å². The number of fused-ring (bicyclic) bond motifs is 1. The zero-order valence-corrected chi connectivity index (χ0v) is 20.8. The zero-order valence-electron chi connectivity index (χ0n) is 19.3. The van der Waals surface area contributed by atoms with Crippen molar-refractivity contribution in [1.29, 1.82) is 0 Å². The van der Waals surface area contributed by atoms with Gasteiger partial charge in [-0.05, 0) is 66.2 Å². The fourth-order valence-corrected chi connectivity index (χ4v) is 3.73. The second-order valence-corrected chi connectivity index (χ2v) is 8.39. The maximum atomic E-state index is 12.4. The minimum absolute atomic E-state index is 0.200. The zero-order chi connectivity index (χ0) is 25.7. The number of carbonyl (C=O) groups is 1. The number of anilines is 1. The molecule has 36 heavy (non-hydrogen) atoms. The van der Waals surface area contributed by atoms with Crippen molar-refractivity contribution in [2.75, 3.05) is 26.1 Å². The van der Waals surface area contributed by atoms with E-state index in [0.717, 1.165) is 0 Å². The van der Waals surface area contributed by atoms with Crippen LogP contribution in [0.2, 0.25) is 5.02 Å². The summed E-state index contributed by atoms with van der Waals surface area (Å²) in [5.41, 5.74) is 1.39. The number of rotatable bonds is 8. The van der Waals surface area contributed by atoms with Crippen LogP contribution in [0.15, 0.2) is 65.5 Å². The van der Waals surface area contributed by atoms with E-state index in [4.69, 9.17) is 37.4 Å². The maximum Gasteiger partial charge on any atom is 0.262 e. The molecule has 0 saturated heterocycles. The lowest BCUT2D eigenvalue weighted by molar-refractivity contribution is -0.118. The molecule has 0 fully saturated rings. The largest absolute Gasteiger partial charge is 0.497 e. The van der Waals surface area contributed by atoms with Gasteiger partial charge >= 0.3 is 0 Å². The number of halogens is 2. The van der Waals surface area contributed by atoms with Crippen molar-refractivity contribution in [3.05, 3.63) is 87.4 Å². The van der Waals surface area contributed by atoms with E-state index in [9.17, 15) is 9.59 Å². The van der Waals surface area contributed by atoms with E-state index in [1.54, 1.807) is 73.8 Å². The topological polar surface area (TPSA) is 103 Å². The molecule has 0 aliphatic rings. The first-order valence-electron chi connectivity index (χ1n) is 10.7. The summed E-state index contributed by atoms with van der Waals surface area (Å²) in [4.78, 5) is 31.7. The van der Waals surface area contributed by atoms with Gasteiger partial charge in [-0.15, -0.1) is 0 Å². The molecule has 0 bridgehead atoms. The minimum Gasteiger partial charge on any atom is -0.497 e. The third-order valence-corrected chi connectivity index (χ3v) is 5.63. The molecule has 1 heterocycles. The number of carbonyl (C=O) groups excluding carboxylic acids is 1. The van der Waals surface area contributed by atoms with Gasteiger partial charge in [0, 0.05) is 10.7 Å². The van der Waals surface area contributed by atoms with Crippen molar-refractivity contribution in [3.63, 3.8) is 0 Å². The number of hydrogen-bond acceptors (Lipinski definition) is 6. The number of nitrogens with zero attached hydrogens (tertiary/aromatic N) is 1. The highest BCUT2D eigenvalue weighted by molar-refractivity contribution is 6.50. The molecule has 0 aliphatic carbocycles.